The van der Waals surface area contributed by atoms with E-state index in [4.69, 9.17) is 5.11 Å². The van der Waals surface area contributed by atoms with Gasteiger partial charge < -0.3 is 15.3 Å². The normalized spacial score (nSPS) is 25.6. The SMILES string of the molecule is O=C(O)N[C@H]1C[C@@H](F)CN(C(=O)[C@@H]2C[C@H]2c2ccccc2-c2c(F)cccc2F)C1. The highest BCUT2D eigenvalue weighted by Gasteiger charge is 2.48. The maximum absolute atomic E-state index is 14.3. The number of hydrogen-bond donors (Lipinski definition) is 2. The van der Waals surface area contributed by atoms with Gasteiger partial charge in [0, 0.05) is 18.9 Å². The van der Waals surface area contributed by atoms with Crippen molar-refractivity contribution in [2.45, 2.75) is 31.0 Å². The number of amides is 2. The average molecular weight is 418 g/mol. The van der Waals surface area contributed by atoms with E-state index >= 15 is 0 Å². The quantitative estimate of drug-likeness (QED) is 0.790. The summed E-state index contributed by atoms with van der Waals surface area (Å²) >= 11 is 0. The summed E-state index contributed by atoms with van der Waals surface area (Å²) in [4.78, 5) is 25.2. The van der Waals surface area contributed by atoms with Crippen LogP contribution in [0.3, 0.4) is 0 Å². The summed E-state index contributed by atoms with van der Waals surface area (Å²) in [5.74, 6) is -2.26. The second-order valence-electron chi connectivity index (χ2n) is 7.86. The predicted molar refractivity (Wildman–Crippen MR) is 104 cm³/mol. The van der Waals surface area contributed by atoms with Crippen LogP contribution in [0.1, 0.15) is 24.3 Å². The molecule has 0 bridgehead atoms. The summed E-state index contributed by atoms with van der Waals surface area (Å²) < 4.78 is 42.7. The molecule has 2 aliphatic rings. The Balaban J connectivity index is 1.54. The summed E-state index contributed by atoms with van der Waals surface area (Å²) in [5, 5.41) is 11.1. The van der Waals surface area contributed by atoms with Crippen LogP contribution in [0.15, 0.2) is 42.5 Å². The molecule has 2 fully saturated rings. The lowest BCUT2D eigenvalue weighted by molar-refractivity contribution is -0.135. The third kappa shape index (κ3) is 3.99. The van der Waals surface area contributed by atoms with Crippen molar-refractivity contribution in [3.8, 4) is 11.1 Å². The van der Waals surface area contributed by atoms with E-state index in [2.05, 4.69) is 5.32 Å². The molecule has 1 saturated heterocycles. The van der Waals surface area contributed by atoms with Crippen molar-refractivity contribution in [3.05, 3.63) is 59.7 Å². The van der Waals surface area contributed by atoms with Gasteiger partial charge in [-0.25, -0.2) is 18.0 Å². The molecule has 2 amide bonds. The first-order valence-corrected chi connectivity index (χ1v) is 9.80. The first kappa shape index (κ1) is 20.3. The van der Waals surface area contributed by atoms with E-state index in [1.165, 1.54) is 23.1 Å². The van der Waals surface area contributed by atoms with Crippen molar-refractivity contribution >= 4 is 12.0 Å². The van der Waals surface area contributed by atoms with Gasteiger partial charge in [-0.2, -0.15) is 0 Å². The van der Waals surface area contributed by atoms with Gasteiger partial charge in [0.25, 0.3) is 0 Å². The van der Waals surface area contributed by atoms with Gasteiger partial charge >= 0.3 is 6.09 Å². The Morgan fingerprint density at radius 3 is 2.40 bits per heavy atom. The number of carboxylic acid groups (broad SMARTS) is 1. The first-order chi connectivity index (χ1) is 14.3. The number of likely N-dealkylation sites (tertiary alicyclic amines) is 1. The third-order valence-corrected chi connectivity index (χ3v) is 5.74. The number of nitrogens with one attached hydrogen (secondary N) is 1. The van der Waals surface area contributed by atoms with Crippen LogP contribution in [0.4, 0.5) is 18.0 Å². The van der Waals surface area contributed by atoms with Crippen LogP contribution in [0.5, 0.6) is 0 Å². The van der Waals surface area contributed by atoms with Gasteiger partial charge in [0.05, 0.1) is 18.2 Å². The van der Waals surface area contributed by atoms with Crippen molar-refractivity contribution in [1.82, 2.24) is 10.2 Å². The smallest absolute Gasteiger partial charge is 0.404 e. The Kier molecular flexibility index (Phi) is 5.40. The van der Waals surface area contributed by atoms with E-state index in [0.717, 1.165) is 0 Å². The molecule has 0 spiro atoms. The van der Waals surface area contributed by atoms with Crippen LogP contribution >= 0.6 is 0 Å². The van der Waals surface area contributed by atoms with Crippen LogP contribution < -0.4 is 5.32 Å². The first-order valence-electron chi connectivity index (χ1n) is 9.80. The fourth-order valence-corrected chi connectivity index (χ4v) is 4.35. The van der Waals surface area contributed by atoms with Crippen molar-refractivity contribution in [2.75, 3.05) is 13.1 Å². The second kappa shape index (κ2) is 8.01. The lowest BCUT2D eigenvalue weighted by Gasteiger charge is -2.34. The molecule has 4 atom stereocenters. The Morgan fingerprint density at radius 1 is 1.00 bits per heavy atom. The molecule has 1 aliphatic heterocycles. The topological polar surface area (TPSA) is 69.6 Å². The fraction of sp³-hybridized carbons (Fsp3) is 0.364. The summed E-state index contributed by atoms with van der Waals surface area (Å²) in [7, 11) is 0. The van der Waals surface area contributed by atoms with Gasteiger partial charge in [-0.3, -0.25) is 4.79 Å². The lowest BCUT2D eigenvalue weighted by Crippen LogP contribution is -2.53. The van der Waals surface area contributed by atoms with E-state index < -0.39 is 35.9 Å². The minimum Gasteiger partial charge on any atom is -0.465 e. The van der Waals surface area contributed by atoms with Crippen LogP contribution in [0.2, 0.25) is 0 Å². The molecule has 0 unspecified atom stereocenters. The molecular formula is C22H21F3N2O3. The van der Waals surface area contributed by atoms with Crippen molar-refractivity contribution in [3.63, 3.8) is 0 Å². The fourth-order valence-electron chi connectivity index (χ4n) is 4.35. The molecule has 2 aromatic rings. The Morgan fingerprint density at radius 2 is 1.70 bits per heavy atom. The second-order valence-corrected chi connectivity index (χ2v) is 7.86. The number of hydrogen-bond acceptors (Lipinski definition) is 2. The standard InChI is InChI=1S/C22H21F3N2O3/c23-12-8-13(26-22(29)30)11-27(10-12)21(28)17-9-16(17)14-4-1-2-5-15(14)20-18(24)6-3-7-19(20)25/h1-7,12-13,16-17,26H,8-11H2,(H,29,30)/t12-,13+,16+,17-/m1/s1. The van der Waals surface area contributed by atoms with Gasteiger partial charge in [0.2, 0.25) is 5.91 Å². The Bertz CT molecular complexity index is 964. The molecule has 158 valence electrons. The van der Waals surface area contributed by atoms with Gasteiger partial charge in [0.15, 0.2) is 0 Å². The molecule has 4 rings (SSSR count). The summed E-state index contributed by atoms with van der Waals surface area (Å²) in [6, 6.07) is 9.83. The molecule has 2 aromatic carbocycles. The highest BCUT2D eigenvalue weighted by molar-refractivity contribution is 5.84. The maximum atomic E-state index is 14.3. The number of alkyl halides is 1. The molecule has 0 radical (unpaired) electrons. The van der Waals surface area contributed by atoms with Crippen LogP contribution in [-0.4, -0.2) is 47.3 Å². The molecule has 0 aromatic heterocycles. The minimum atomic E-state index is -1.31. The zero-order valence-electron chi connectivity index (χ0n) is 16.0. The van der Waals surface area contributed by atoms with E-state index in [1.807, 2.05) is 0 Å². The van der Waals surface area contributed by atoms with E-state index in [0.29, 0.717) is 17.5 Å². The molecule has 1 heterocycles. The number of nitrogens with zero attached hydrogens (tertiary/aromatic N) is 1. The largest absolute Gasteiger partial charge is 0.465 e. The van der Waals surface area contributed by atoms with Gasteiger partial charge in [0.1, 0.15) is 17.8 Å². The number of rotatable bonds is 4. The summed E-state index contributed by atoms with van der Waals surface area (Å²) in [6.07, 6.45) is -2.04. The average Bonchev–Trinajstić information content (AvgIpc) is 3.47. The summed E-state index contributed by atoms with van der Waals surface area (Å²) in [5.41, 5.74) is 0.952. The zero-order valence-corrected chi connectivity index (χ0v) is 16.0. The van der Waals surface area contributed by atoms with E-state index in [1.54, 1.807) is 24.3 Å². The highest BCUT2D eigenvalue weighted by Crippen LogP contribution is 2.51. The lowest BCUT2D eigenvalue weighted by atomic mass is 9.95. The Labute approximate surface area is 171 Å². The Hall–Kier alpha value is -3.03. The van der Waals surface area contributed by atoms with Gasteiger partial charge in [-0.15, -0.1) is 0 Å². The van der Waals surface area contributed by atoms with Gasteiger partial charge in [-0.1, -0.05) is 30.3 Å². The molecule has 2 N–H and O–H groups in total. The number of halogens is 3. The number of benzene rings is 2. The molecule has 8 heteroatoms. The molecule has 1 aliphatic carbocycles. The van der Waals surface area contributed by atoms with Crippen LogP contribution in [0, 0.1) is 17.6 Å². The predicted octanol–water partition coefficient (Wildman–Crippen LogP) is 3.94. The molecule has 30 heavy (non-hydrogen) atoms. The van der Waals surface area contributed by atoms with Crippen LogP contribution in [-0.2, 0) is 4.79 Å². The monoisotopic (exact) mass is 418 g/mol. The van der Waals surface area contributed by atoms with Crippen molar-refractivity contribution in [1.29, 1.82) is 0 Å². The summed E-state index contributed by atoms with van der Waals surface area (Å²) in [6.45, 7) is 0.0296. The molecular weight excluding hydrogens is 397 g/mol. The van der Waals surface area contributed by atoms with Gasteiger partial charge in [-0.05, 0) is 35.6 Å². The minimum absolute atomic E-state index is 0.0274. The highest BCUT2D eigenvalue weighted by atomic mass is 19.1. The van der Waals surface area contributed by atoms with E-state index in [-0.39, 0.29) is 36.9 Å². The van der Waals surface area contributed by atoms with Crippen LogP contribution in [0.25, 0.3) is 11.1 Å². The van der Waals surface area contributed by atoms with Crippen molar-refractivity contribution in [2.24, 2.45) is 5.92 Å². The third-order valence-electron chi connectivity index (χ3n) is 5.74. The molecule has 5 nitrogen and oxygen atoms in total. The zero-order chi connectivity index (χ0) is 21.4. The number of carbonyl (C=O) groups excluding carboxylic acids is 1. The van der Waals surface area contributed by atoms with Crippen molar-refractivity contribution < 1.29 is 27.9 Å². The maximum Gasteiger partial charge on any atom is 0.404 e. The van der Waals surface area contributed by atoms with E-state index in [9.17, 15) is 22.8 Å². The molecule has 1 saturated carbocycles. The number of carbonyl (C=O) groups is 2. The number of piperidine rings is 1.